The molecule has 1 heterocycles. The number of nitrogens with one attached hydrogen (secondary N) is 1. The Morgan fingerprint density at radius 3 is 3.00 bits per heavy atom. The van der Waals surface area contributed by atoms with Crippen molar-refractivity contribution >= 4 is 23.4 Å². The van der Waals surface area contributed by atoms with Gasteiger partial charge in [0, 0.05) is 34.9 Å². The molecule has 0 amide bonds. The molecule has 1 aliphatic rings. The molecule has 0 radical (unpaired) electrons. The molecule has 0 spiro atoms. The van der Waals surface area contributed by atoms with Gasteiger partial charge < -0.3 is 15.7 Å². The van der Waals surface area contributed by atoms with Gasteiger partial charge in [0.15, 0.2) is 0 Å². The molecule has 0 saturated heterocycles. The Balaban J connectivity index is 1.93. The molecule has 1 atom stereocenters. The van der Waals surface area contributed by atoms with Crippen LogP contribution in [0.4, 0.5) is 0 Å². The van der Waals surface area contributed by atoms with E-state index in [0.29, 0.717) is 16.4 Å². The Kier molecular flexibility index (Phi) is 4.41. The highest BCUT2D eigenvalue weighted by molar-refractivity contribution is 6.30. The number of hydrogen-bond acceptors (Lipinski definition) is 4. The lowest BCUT2D eigenvalue weighted by molar-refractivity contribution is 0.646. The molecule has 1 unspecified atom stereocenters. The number of fused-ring (bicyclic) bond motifs is 1. The number of rotatable bonds is 3. The van der Waals surface area contributed by atoms with E-state index in [1.54, 1.807) is 0 Å². The fourth-order valence-corrected chi connectivity index (χ4v) is 3.13. The summed E-state index contributed by atoms with van der Waals surface area (Å²) in [6.07, 6.45) is 7.79. The maximum atomic E-state index is 6.41. The summed E-state index contributed by atoms with van der Waals surface area (Å²) in [5, 5.41) is 0.649. The number of hydrazine groups is 1. The molecule has 1 aromatic heterocycles. The summed E-state index contributed by atoms with van der Waals surface area (Å²) in [6, 6.07) is 7.49. The fourth-order valence-electron chi connectivity index (χ4n) is 2.93. The minimum Gasteiger partial charge on any atom is -0.400 e. The third kappa shape index (κ3) is 3.11. The summed E-state index contributed by atoms with van der Waals surface area (Å²) in [5.74, 6) is 5.81. The van der Waals surface area contributed by atoms with Crippen LogP contribution in [0.25, 0.3) is 11.8 Å². The lowest BCUT2D eigenvalue weighted by Gasteiger charge is -2.18. The van der Waals surface area contributed by atoms with E-state index >= 15 is 0 Å². The van der Waals surface area contributed by atoms with Crippen molar-refractivity contribution < 1.29 is 0 Å². The fraction of sp³-hybridized carbons (Fsp3) is 0.235. The molecule has 2 aromatic rings. The number of benzene rings is 1. The Morgan fingerprint density at radius 2 is 2.26 bits per heavy atom. The predicted molar refractivity (Wildman–Crippen MR) is 93.9 cm³/mol. The average molecular weight is 330 g/mol. The van der Waals surface area contributed by atoms with E-state index < -0.39 is 0 Å². The van der Waals surface area contributed by atoms with Crippen molar-refractivity contribution in [3.8, 4) is 0 Å². The molecule has 6 heteroatoms. The molecule has 1 aromatic carbocycles. The van der Waals surface area contributed by atoms with Gasteiger partial charge in [0.2, 0.25) is 0 Å². The standard InChI is InChI=1S/C17H20ClN5/c1-23-10-21-14-7-5-11(6-8-15(14)23)16(19)17(22-20)12-3-2-4-13(18)9-12/h2-5,7,9-11,22H,6,8,19-20H2,1H3/b17-16-. The van der Waals surface area contributed by atoms with E-state index in [0.717, 1.165) is 24.1 Å². The van der Waals surface area contributed by atoms with Crippen LogP contribution in [-0.2, 0) is 13.5 Å². The van der Waals surface area contributed by atoms with Crippen molar-refractivity contribution in [3.05, 3.63) is 64.3 Å². The monoisotopic (exact) mass is 329 g/mol. The van der Waals surface area contributed by atoms with E-state index in [1.807, 2.05) is 43.7 Å². The normalized spacial score (nSPS) is 18.1. The zero-order valence-electron chi connectivity index (χ0n) is 13.0. The highest BCUT2D eigenvalue weighted by Crippen LogP contribution is 2.28. The molecule has 0 bridgehead atoms. The minimum absolute atomic E-state index is 0.0919. The van der Waals surface area contributed by atoms with Crippen molar-refractivity contribution in [2.24, 2.45) is 24.5 Å². The van der Waals surface area contributed by atoms with E-state index in [9.17, 15) is 0 Å². The van der Waals surface area contributed by atoms with Crippen LogP contribution in [0.5, 0.6) is 0 Å². The average Bonchev–Trinajstić information content (AvgIpc) is 2.76. The Morgan fingerprint density at radius 1 is 1.43 bits per heavy atom. The van der Waals surface area contributed by atoms with E-state index in [-0.39, 0.29) is 5.92 Å². The molecular formula is C17H20ClN5. The molecule has 0 saturated carbocycles. The van der Waals surface area contributed by atoms with Crippen LogP contribution in [0.15, 0.2) is 42.4 Å². The molecule has 23 heavy (non-hydrogen) atoms. The molecule has 120 valence electrons. The molecule has 0 fully saturated rings. The van der Waals surface area contributed by atoms with Crippen molar-refractivity contribution in [3.63, 3.8) is 0 Å². The highest BCUT2D eigenvalue weighted by Gasteiger charge is 2.19. The topological polar surface area (TPSA) is 81.9 Å². The van der Waals surface area contributed by atoms with Crippen molar-refractivity contribution in [1.82, 2.24) is 15.0 Å². The zero-order valence-corrected chi connectivity index (χ0v) is 13.7. The molecule has 3 rings (SSSR count). The van der Waals surface area contributed by atoms with Gasteiger partial charge in [-0.1, -0.05) is 29.8 Å². The second kappa shape index (κ2) is 6.48. The van der Waals surface area contributed by atoms with Crippen molar-refractivity contribution in [2.45, 2.75) is 12.8 Å². The summed E-state index contributed by atoms with van der Waals surface area (Å²) in [5.41, 5.74) is 13.7. The Labute approximate surface area is 140 Å². The summed E-state index contributed by atoms with van der Waals surface area (Å²) in [6.45, 7) is 0. The van der Waals surface area contributed by atoms with Gasteiger partial charge in [0.25, 0.3) is 0 Å². The zero-order chi connectivity index (χ0) is 16.4. The van der Waals surface area contributed by atoms with Crippen LogP contribution >= 0.6 is 11.6 Å². The molecule has 0 aliphatic heterocycles. The van der Waals surface area contributed by atoms with Gasteiger partial charge in [-0.25, -0.2) is 4.98 Å². The van der Waals surface area contributed by atoms with E-state index in [2.05, 4.69) is 21.1 Å². The minimum atomic E-state index is 0.0919. The summed E-state index contributed by atoms with van der Waals surface area (Å²) in [4.78, 5) is 4.41. The largest absolute Gasteiger partial charge is 0.400 e. The van der Waals surface area contributed by atoms with Crippen LogP contribution in [0.2, 0.25) is 5.02 Å². The van der Waals surface area contributed by atoms with Gasteiger partial charge in [-0.05, 0) is 31.1 Å². The Bertz CT molecular complexity index is 775. The van der Waals surface area contributed by atoms with Crippen LogP contribution in [-0.4, -0.2) is 9.55 Å². The van der Waals surface area contributed by atoms with Gasteiger partial charge in [-0.3, -0.25) is 5.84 Å². The van der Waals surface area contributed by atoms with Crippen LogP contribution in [0.1, 0.15) is 23.4 Å². The predicted octanol–water partition coefficient (Wildman–Crippen LogP) is 2.44. The maximum absolute atomic E-state index is 6.41. The summed E-state index contributed by atoms with van der Waals surface area (Å²) >= 11 is 6.07. The van der Waals surface area contributed by atoms with Gasteiger partial charge in [-0.2, -0.15) is 0 Å². The van der Waals surface area contributed by atoms with Crippen molar-refractivity contribution in [2.75, 3.05) is 0 Å². The van der Waals surface area contributed by atoms with Gasteiger partial charge >= 0.3 is 0 Å². The first-order valence-corrected chi connectivity index (χ1v) is 7.88. The third-order valence-corrected chi connectivity index (χ3v) is 4.45. The van der Waals surface area contributed by atoms with Crippen LogP contribution < -0.4 is 17.0 Å². The van der Waals surface area contributed by atoms with Crippen LogP contribution in [0.3, 0.4) is 0 Å². The highest BCUT2D eigenvalue weighted by atomic mass is 35.5. The van der Waals surface area contributed by atoms with E-state index in [4.69, 9.17) is 23.2 Å². The second-order valence-electron chi connectivity index (χ2n) is 5.68. The lowest BCUT2D eigenvalue weighted by atomic mass is 9.96. The third-order valence-electron chi connectivity index (χ3n) is 4.22. The number of aryl methyl sites for hydroxylation is 1. The lowest BCUT2D eigenvalue weighted by Crippen LogP contribution is -2.26. The van der Waals surface area contributed by atoms with Crippen molar-refractivity contribution in [1.29, 1.82) is 0 Å². The Hall–Kier alpha value is -2.24. The molecule has 1 aliphatic carbocycles. The number of nitrogens with zero attached hydrogens (tertiary/aromatic N) is 2. The second-order valence-corrected chi connectivity index (χ2v) is 6.11. The van der Waals surface area contributed by atoms with Gasteiger partial charge in [-0.15, -0.1) is 0 Å². The van der Waals surface area contributed by atoms with Crippen LogP contribution in [0, 0.1) is 5.92 Å². The smallest absolute Gasteiger partial charge is 0.0953 e. The first-order chi connectivity index (χ1) is 11.1. The quantitative estimate of drug-likeness (QED) is 0.596. The number of nitrogens with two attached hydrogens (primary N) is 2. The van der Waals surface area contributed by atoms with Gasteiger partial charge in [0.1, 0.15) is 0 Å². The maximum Gasteiger partial charge on any atom is 0.0953 e. The number of imidazole rings is 1. The van der Waals surface area contributed by atoms with Gasteiger partial charge in [0.05, 0.1) is 17.7 Å². The SMILES string of the molecule is Cn1cnc2c1CCC(/C(N)=C(/NN)c1cccc(Cl)c1)C=C2. The summed E-state index contributed by atoms with van der Waals surface area (Å²) < 4.78 is 2.06. The molecule has 5 N–H and O–H groups in total. The number of hydrogen-bond donors (Lipinski definition) is 3. The van der Waals surface area contributed by atoms with E-state index in [1.165, 1.54) is 5.69 Å². The summed E-state index contributed by atoms with van der Waals surface area (Å²) in [7, 11) is 2.01. The first-order valence-electron chi connectivity index (χ1n) is 7.50. The molecular weight excluding hydrogens is 310 g/mol. The number of halogens is 1. The molecule has 5 nitrogen and oxygen atoms in total. The number of aromatic nitrogens is 2. The number of allylic oxidation sites excluding steroid dienone is 1. The first kappa shape index (κ1) is 15.6.